The van der Waals surface area contributed by atoms with E-state index in [9.17, 15) is 17.9 Å². The Balaban J connectivity index is 2.61. The van der Waals surface area contributed by atoms with Crippen molar-refractivity contribution in [2.45, 2.75) is 9.79 Å². The van der Waals surface area contributed by atoms with Crippen molar-refractivity contribution in [3.63, 3.8) is 0 Å². The summed E-state index contributed by atoms with van der Waals surface area (Å²) in [6, 6.07) is 8.16. The standard InChI is InChI=1S/C12H8ClFO3S/c13-8-1-4-10(5-2-8)18(16,17)12-7-9(14)3-6-11(12)15/h1-7,15H. The average Bonchev–Trinajstić information content (AvgIpc) is 2.32. The number of rotatable bonds is 2. The van der Waals surface area contributed by atoms with E-state index in [1.165, 1.54) is 24.3 Å². The highest BCUT2D eigenvalue weighted by molar-refractivity contribution is 7.91. The van der Waals surface area contributed by atoms with E-state index in [-0.39, 0.29) is 4.90 Å². The van der Waals surface area contributed by atoms with E-state index in [0.29, 0.717) is 5.02 Å². The monoisotopic (exact) mass is 286 g/mol. The van der Waals surface area contributed by atoms with Crippen molar-refractivity contribution in [3.8, 4) is 5.75 Å². The van der Waals surface area contributed by atoms with Gasteiger partial charge in [0, 0.05) is 5.02 Å². The van der Waals surface area contributed by atoms with Crippen LogP contribution in [0.4, 0.5) is 4.39 Å². The minimum atomic E-state index is -3.96. The topological polar surface area (TPSA) is 54.4 Å². The molecular formula is C12H8ClFO3S. The second kappa shape index (κ2) is 4.59. The highest BCUT2D eigenvalue weighted by Crippen LogP contribution is 2.29. The van der Waals surface area contributed by atoms with E-state index in [1.54, 1.807) is 0 Å². The molecule has 0 saturated heterocycles. The van der Waals surface area contributed by atoms with Crippen molar-refractivity contribution in [1.82, 2.24) is 0 Å². The molecule has 0 bridgehead atoms. The lowest BCUT2D eigenvalue weighted by Crippen LogP contribution is -2.02. The summed E-state index contributed by atoms with van der Waals surface area (Å²) in [6.45, 7) is 0. The third kappa shape index (κ3) is 2.32. The van der Waals surface area contributed by atoms with Gasteiger partial charge in [-0.3, -0.25) is 0 Å². The zero-order valence-electron chi connectivity index (χ0n) is 8.97. The minimum absolute atomic E-state index is 0.0622. The van der Waals surface area contributed by atoms with E-state index in [0.717, 1.165) is 18.2 Å². The molecule has 0 aromatic heterocycles. The number of hydrogen-bond acceptors (Lipinski definition) is 3. The Bertz CT molecular complexity index is 681. The number of hydrogen-bond donors (Lipinski definition) is 1. The van der Waals surface area contributed by atoms with E-state index in [1.807, 2.05) is 0 Å². The van der Waals surface area contributed by atoms with Crippen LogP contribution >= 0.6 is 11.6 Å². The van der Waals surface area contributed by atoms with Crippen LogP contribution in [0.5, 0.6) is 5.75 Å². The van der Waals surface area contributed by atoms with Gasteiger partial charge in [-0.1, -0.05) is 11.6 Å². The lowest BCUT2D eigenvalue weighted by atomic mass is 10.3. The summed E-state index contributed by atoms with van der Waals surface area (Å²) in [5, 5.41) is 9.90. The first-order chi connectivity index (χ1) is 8.41. The Morgan fingerprint density at radius 1 is 1.06 bits per heavy atom. The molecule has 0 spiro atoms. The van der Waals surface area contributed by atoms with Gasteiger partial charge in [-0.25, -0.2) is 12.8 Å². The number of phenolic OH excluding ortho intramolecular Hbond substituents is 1. The van der Waals surface area contributed by atoms with Crippen LogP contribution in [-0.2, 0) is 9.84 Å². The lowest BCUT2D eigenvalue weighted by molar-refractivity contribution is 0.455. The molecule has 2 rings (SSSR count). The largest absolute Gasteiger partial charge is 0.507 e. The van der Waals surface area contributed by atoms with Gasteiger partial charge in [-0.05, 0) is 42.5 Å². The van der Waals surface area contributed by atoms with Crippen LogP contribution in [0.1, 0.15) is 0 Å². The summed E-state index contributed by atoms with van der Waals surface area (Å²) in [5.41, 5.74) is 0. The minimum Gasteiger partial charge on any atom is -0.507 e. The van der Waals surface area contributed by atoms with Crippen LogP contribution in [0.3, 0.4) is 0 Å². The molecule has 0 unspecified atom stereocenters. The van der Waals surface area contributed by atoms with Gasteiger partial charge in [0.1, 0.15) is 16.5 Å². The normalized spacial score (nSPS) is 11.4. The summed E-state index contributed by atoms with van der Waals surface area (Å²) < 4.78 is 37.4. The van der Waals surface area contributed by atoms with Crippen molar-refractivity contribution >= 4 is 21.4 Å². The Labute approximate surface area is 108 Å². The molecule has 1 N–H and O–H groups in total. The van der Waals surface area contributed by atoms with E-state index in [2.05, 4.69) is 0 Å². The fourth-order valence-corrected chi connectivity index (χ4v) is 2.93. The third-order valence-corrected chi connectivity index (χ3v) is 4.39. The SMILES string of the molecule is O=S(=O)(c1ccc(Cl)cc1)c1cc(F)ccc1O. The van der Waals surface area contributed by atoms with Crippen LogP contribution in [0.25, 0.3) is 0 Å². The molecule has 18 heavy (non-hydrogen) atoms. The third-order valence-electron chi connectivity index (χ3n) is 2.34. The van der Waals surface area contributed by atoms with Gasteiger partial charge < -0.3 is 5.11 Å². The second-order valence-electron chi connectivity index (χ2n) is 3.57. The summed E-state index contributed by atoms with van der Waals surface area (Å²) in [5.74, 6) is -1.23. The maximum atomic E-state index is 13.1. The molecular weight excluding hydrogens is 279 g/mol. The molecule has 0 aliphatic carbocycles. The first-order valence-corrected chi connectivity index (χ1v) is 6.76. The molecule has 94 valence electrons. The van der Waals surface area contributed by atoms with Gasteiger partial charge in [-0.2, -0.15) is 0 Å². The zero-order valence-corrected chi connectivity index (χ0v) is 10.5. The quantitative estimate of drug-likeness (QED) is 0.923. The van der Waals surface area contributed by atoms with E-state index < -0.39 is 26.3 Å². The highest BCUT2D eigenvalue weighted by atomic mass is 35.5. The summed E-state index contributed by atoms with van der Waals surface area (Å²) in [4.78, 5) is -0.530. The van der Waals surface area contributed by atoms with Crippen molar-refractivity contribution in [2.75, 3.05) is 0 Å². The molecule has 0 fully saturated rings. The van der Waals surface area contributed by atoms with Crippen LogP contribution < -0.4 is 0 Å². The predicted octanol–water partition coefficient (Wildman–Crippen LogP) is 3.02. The fourth-order valence-electron chi connectivity index (χ4n) is 1.44. The van der Waals surface area contributed by atoms with Gasteiger partial charge >= 0.3 is 0 Å². The second-order valence-corrected chi connectivity index (χ2v) is 5.92. The molecule has 0 amide bonds. The number of phenols is 1. The van der Waals surface area contributed by atoms with Crippen molar-refractivity contribution < 1.29 is 17.9 Å². The molecule has 0 aliphatic rings. The zero-order chi connectivity index (χ0) is 13.3. The molecule has 2 aromatic rings. The molecule has 0 radical (unpaired) electrons. The number of aromatic hydroxyl groups is 1. The molecule has 6 heteroatoms. The van der Waals surface area contributed by atoms with Crippen molar-refractivity contribution in [3.05, 3.63) is 53.3 Å². The first kappa shape index (κ1) is 12.9. The Morgan fingerprint density at radius 3 is 2.28 bits per heavy atom. The van der Waals surface area contributed by atoms with Crippen molar-refractivity contribution in [2.24, 2.45) is 0 Å². The van der Waals surface area contributed by atoms with Crippen LogP contribution in [0.2, 0.25) is 5.02 Å². The molecule has 0 aliphatic heterocycles. The number of halogens is 2. The smallest absolute Gasteiger partial charge is 0.210 e. The number of sulfone groups is 1. The molecule has 0 saturated carbocycles. The van der Waals surface area contributed by atoms with Gasteiger partial charge in [0.25, 0.3) is 0 Å². The molecule has 3 nitrogen and oxygen atoms in total. The maximum absolute atomic E-state index is 13.1. The Kier molecular flexibility index (Phi) is 3.28. The Hall–Kier alpha value is -1.59. The van der Waals surface area contributed by atoms with E-state index in [4.69, 9.17) is 11.6 Å². The fraction of sp³-hybridized carbons (Fsp3) is 0. The van der Waals surface area contributed by atoms with Gasteiger partial charge in [0.15, 0.2) is 0 Å². The van der Waals surface area contributed by atoms with Gasteiger partial charge in [0.2, 0.25) is 9.84 Å². The predicted molar refractivity (Wildman–Crippen MR) is 65.0 cm³/mol. The summed E-state index contributed by atoms with van der Waals surface area (Å²) in [6.07, 6.45) is 0. The maximum Gasteiger partial charge on any atom is 0.210 e. The highest BCUT2D eigenvalue weighted by Gasteiger charge is 2.22. The molecule has 0 atom stereocenters. The van der Waals surface area contributed by atoms with Crippen LogP contribution in [0, 0.1) is 5.82 Å². The number of benzene rings is 2. The Morgan fingerprint density at radius 2 is 1.67 bits per heavy atom. The van der Waals surface area contributed by atoms with Crippen molar-refractivity contribution in [1.29, 1.82) is 0 Å². The molecule has 2 aromatic carbocycles. The van der Waals surface area contributed by atoms with Gasteiger partial charge in [0.05, 0.1) is 4.90 Å². The van der Waals surface area contributed by atoms with Gasteiger partial charge in [-0.15, -0.1) is 0 Å². The first-order valence-electron chi connectivity index (χ1n) is 4.90. The summed E-state index contributed by atoms with van der Waals surface area (Å²) >= 11 is 5.66. The van der Waals surface area contributed by atoms with E-state index >= 15 is 0 Å². The van der Waals surface area contributed by atoms with Crippen LogP contribution in [-0.4, -0.2) is 13.5 Å². The van der Waals surface area contributed by atoms with Crippen LogP contribution in [0.15, 0.2) is 52.3 Å². The molecule has 0 heterocycles. The lowest BCUT2D eigenvalue weighted by Gasteiger charge is -2.06. The summed E-state index contributed by atoms with van der Waals surface area (Å²) in [7, 11) is -3.96. The average molecular weight is 287 g/mol.